The van der Waals surface area contributed by atoms with Crippen molar-refractivity contribution in [1.82, 2.24) is 0 Å². The van der Waals surface area contributed by atoms with Gasteiger partial charge in [-0.25, -0.2) is 8.42 Å². The number of nitrogens with zero attached hydrogens (tertiary/aromatic N) is 2. The first-order chi connectivity index (χ1) is 16.7. The summed E-state index contributed by atoms with van der Waals surface area (Å²) in [5.41, 5.74) is 2.89. The second-order valence-corrected chi connectivity index (χ2v) is 9.00. The van der Waals surface area contributed by atoms with Crippen molar-refractivity contribution in [3.05, 3.63) is 75.3 Å². The molecule has 0 aromatic heterocycles. The fourth-order valence-electron chi connectivity index (χ4n) is 3.01. The highest BCUT2D eigenvalue weighted by atomic mass is 35.5. The molecule has 0 radical (unpaired) electrons. The number of hydrogen-bond donors (Lipinski definition) is 2. The summed E-state index contributed by atoms with van der Waals surface area (Å²) in [5, 5.41) is 16.1. The van der Waals surface area contributed by atoms with Crippen LogP contribution in [0.15, 0.2) is 64.6 Å². The Balaban J connectivity index is 1.85. The van der Waals surface area contributed by atoms with Crippen molar-refractivity contribution in [2.45, 2.75) is 4.90 Å². The minimum absolute atomic E-state index is 0.0101. The standard InChI is InChI=1S/C22H21ClN4O7S/c1-32-20-10-14(11-21(33-2)22(20)34-3)13-24-25-18-9-8-17(12-19(18)27(28)29)35(30,31)26-16-6-4-15(23)5-7-16/h4-13,25-26H,1-3H3/b24-13+. The topological polar surface area (TPSA) is 141 Å². The number of halogens is 1. The molecule has 0 aliphatic rings. The van der Waals surface area contributed by atoms with Crippen LogP contribution in [-0.4, -0.2) is 40.9 Å². The lowest BCUT2D eigenvalue weighted by molar-refractivity contribution is -0.384. The van der Waals surface area contributed by atoms with E-state index < -0.39 is 20.6 Å². The summed E-state index contributed by atoms with van der Waals surface area (Å²) in [6, 6.07) is 12.7. The Morgan fingerprint density at radius 1 is 0.971 bits per heavy atom. The molecule has 0 aliphatic heterocycles. The molecule has 0 saturated carbocycles. The van der Waals surface area contributed by atoms with E-state index in [9.17, 15) is 18.5 Å². The third-order valence-corrected chi connectivity index (χ3v) is 6.29. The molecule has 13 heteroatoms. The Labute approximate surface area is 206 Å². The maximum atomic E-state index is 12.7. The second kappa shape index (κ2) is 10.9. The molecule has 0 aliphatic carbocycles. The van der Waals surface area contributed by atoms with Crippen molar-refractivity contribution >= 4 is 44.9 Å². The quantitative estimate of drug-likeness (QED) is 0.226. The summed E-state index contributed by atoms with van der Waals surface area (Å²) >= 11 is 5.81. The van der Waals surface area contributed by atoms with Crippen LogP contribution in [0.2, 0.25) is 5.02 Å². The normalized spacial score (nSPS) is 11.2. The van der Waals surface area contributed by atoms with E-state index in [0.29, 0.717) is 27.8 Å². The molecule has 0 unspecified atom stereocenters. The monoisotopic (exact) mass is 520 g/mol. The van der Waals surface area contributed by atoms with Gasteiger partial charge in [-0.15, -0.1) is 0 Å². The van der Waals surface area contributed by atoms with Gasteiger partial charge in [0.05, 0.1) is 37.4 Å². The first-order valence-corrected chi connectivity index (χ1v) is 11.7. The summed E-state index contributed by atoms with van der Waals surface area (Å²) in [6.07, 6.45) is 1.39. The highest BCUT2D eigenvalue weighted by Crippen LogP contribution is 2.37. The first kappa shape index (κ1) is 25.6. The van der Waals surface area contributed by atoms with E-state index in [0.717, 1.165) is 6.07 Å². The number of methoxy groups -OCH3 is 3. The molecular weight excluding hydrogens is 500 g/mol. The highest BCUT2D eigenvalue weighted by molar-refractivity contribution is 7.92. The SMILES string of the molecule is COc1cc(/C=N/Nc2ccc(S(=O)(=O)Nc3ccc(Cl)cc3)cc2[N+](=O)[O-])cc(OC)c1OC. The van der Waals surface area contributed by atoms with Gasteiger partial charge in [0.15, 0.2) is 11.5 Å². The molecule has 35 heavy (non-hydrogen) atoms. The van der Waals surface area contributed by atoms with Crippen molar-refractivity contribution < 1.29 is 27.6 Å². The van der Waals surface area contributed by atoms with E-state index >= 15 is 0 Å². The second-order valence-electron chi connectivity index (χ2n) is 6.88. The van der Waals surface area contributed by atoms with Crippen LogP contribution in [0.25, 0.3) is 0 Å². The third-order valence-electron chi connectivity index (χ3n) is 4.66. The lowest BCUT2D eigenvalue weighted by Gasteiger charge is -2.12. The zero-order valence-corrected chi connectivity index (χ0v) is 20.4. The van der Waals surface area contributed by atoms with Crippen LogP contribution < -0.4 is 24.4 Å². The summed E-state index contributed by atoms with van der Waals surface area (Å²) in [4.78, 5) is 10.6. The van der Waals surface area contributed by atoms with Crippen LogP contribution in [0.5, 0.6) is 17.2 Å². The average molecular weight is 521 g/mol. The number of sulfonamides is 1. The molecule has 0 fully saturated rings. The zero-order valence-electron chi connectivity index (χ0n) is 18.8. The number of benzene rings is 3. The van der Waals surface area contributed by atoms with Gasteiger partial charge in [0.1, 0.15) is 5.69 Å². The summed E-state index contributed by atoms with van der Waals surface area (Å²) in [7, 11) is 0.327. The van der Waals surface area contributed by atoms with Crippen molar-refractivity contribution in [3.63, 3.8) is 0 Å². The van der Waals surface area contributed by atoms with E-state index in [2.05, 4.69) is 15.2 Å². The molecule has 0 bridgehead atoms. The van der Waals surface area contributed by atoms with Gasteiger partial charge in [0, 0.05) is 22.3 Å². The largest absolute Gasteiger partial charge is 0.493 e. The molecule has 11 nitrogen and oxygen atoms in total. The zero-order chi connectivity index (χ0) is 25.6. The summed E-state index contributed by atoms with van der Waals surface area (Å²) in [6.45, 7) is 0. The van der Waals surface area contributed by atoms with Gasteiger partial charge in [-0.2, -0.15) is 5.10 Å². The van der Waals surface area contributed by atoms with Crippen LogP contribution >= 0.6 is 11.6 Å². The number of nitro benzene ring substituents is 1. The van der Waals surface area contributed by atoms with Gasteiger partial charge >= 0.3 is 0 Å². The number of anilines is 2. The van der Waals surface area contributed by atoms with Crippen LogP contribution in [-0.2, 0) is 10.0 Å². The molecule has 184 valence electrons. The molecule has 2 N–H and O–H groups in total. The Morgan fingerprint density at radius 3 is 2.14 bits per heavy atom. The minimum Gasteiger partial charge on any atom is -0.493 e. The van der Waals surface area contributed by atoms with Crippen molar-refractivity contribution in [1.29, 1.82) is 0 Å². The summed E-state index contributed by atoms with van der Waals surface area (Å²) in [5.74, 6) is 1.21. The average Bonchev–Trinajstić information content (AvgIpc) is 2.84. The van der Waals surface area contributed by atoms with Crippen LogP contribution in [0.4, 0.5) is 17.1 Å². The lowest BCUT2D eigenvalue weighted by Crippen LogP contribution is -2.13. The van der Waals surface area contributed by atoms with Gasteiger partial charge in [-0.3, -0.25) is 20.3 Å². The summed E-state index contributed by atoms with van der Waals surface area (Å²) < 4.78 is 43.6. The predicted molar refractivity (Wildman–Crippen MR) is 133 cm³/mol. The minimum atomic E-state index is -4.09. The Morgan fingerprint density at radius 2 is 1.60 bits per heavy atom. The third kappa shape index (κ3) is 6.11. The number of nitro groups is 1. The highest BCUT2D eigenvalue weighted by Gasteiger charge is 2.22. The first-order valence-electron chi connectivity index (χ1n) is 9.84. The molecule has 0 heterocycles. The maximum absolute atomic E-state index is 12.7. The van der Waals surface area contributed by atoms with Gasteiger partial charge in [0.2, 0.25) is 5.75 Å². The number of hydrogen-bond acceptors (Lipinski definition) is 9. The van der Waals surface area contributed by atoms with Crippen LogP contribution in [0, 0.1) is 10.1 Å². The Hall–Kier alpha value is -4.03. The van der Waals surface area contributed by atoms with E-state index in [1.807, 2.05) is 0 Å². The molecule has 3 rings (SSSR count). The van der Waals surface area contributed by atoms with Gasteiger partial charge in [0.25, 0.3) is 15.7 Å². The Kier molecular flexibility index (Phi) is 7.99. The smallest absolute Gasteiger partial charge is 0.295 e. The number of hydrazone groups is 1. The number of nitrogens with one attached hydrogen (secondary N) is 2. The van der Waals surface area contributed by atoms with Crippen LogP contribution in [0.1, 0.15) is 5.56 Å². The lowest BCUT2D eigenvalue weighted by atomic mass is 10.2. The molecular formula is C22H21ClN4O7S. The van der Waals surface area contributed by atoms with E-state index in [-0.39, 0.29) is 16.3 Å². The molecule has 0 amide bonds. The number of ether oxygens (including phenoxy) is 3. The van der Waals surface area contributed by atoms with Crippen molar-refractivity contribution in [2.75, 3.05) is 31.5 Å². The molecule has 3 aromatic rings. The fraction of sp³-hybridized carbons (Fsp3) is 0.136. The molecule has 3 aromatic carbocycles. The van der Waals surface area contributed by atoms with E-state index in [1.165, 1.54) is 63.9 Å². The molecule has 0 atom stereocenters. The van der Waals surface area contributed by atoms with Gasteiger partial charge < -0.3 is 14.2 Å². The molecule has 0 spiro atoms. The van der Waals surface area contributed by atoms with Crippen molar-refractivity contribution in [2.24, 2.45) is 5.10 Å². The fourth-order valence-corrected chi connectivity index (χ4v) is 4.21. The van der Waals surface area contributed by atoms with E-state index in [1.54, 1.807) is 12.1 Å². The predicted octanol–water partition coefficient (Wildman–Crippen LogP) is 4.52. The Bertz CT molecular complexity index is 1340. The molecule has 0 saturated heterocycles. The van der Waals surface area contributed by atoms with E-state index in [4.69, 9.17) is 25.8 Å². The van der Waals surface area contributed by atoms with Crippen LogP contribution in [0.3, 0.4) is 0 Å². The maximum Gasteiger partial charge on any atom is 0.295 e. The number of rotatable bonds is 10. The van der Waals surface area contributed by atoms with Gasteiger partial charge in [-0.1, -0.05) is 11.6 Å². The van der Waals surface area contributed by atoms with Gasteiger partial charge in [-0.05, 0) is 48.5 Å². The van der Waals surface area contributed by atoms with Crippen molar-refractivity contribution in [3.8, 4) is 17.2 Å².